The van der Waals surface area contributed by atoms with E-state index in [9.17, 15) is 9.18 Å². The van der Waals surface area contributed by atoms with Crippen LogP contribution >= 0.6 is 0 Å². The maximum Gasteiger partial charge on any atom is 0.166 e. The Labute approximate surface area is 121 Å². The van der Waals surface area contributed by atoms with Gasteiger partial charge < -0.3 is 9.13 Å². The molecule has 3 rings (SSSR count). The van der Waals surface area contributed by atoms with E-state index < -0.39 is 0 Å². The fraction of sp³-hybridized carbons (Fsp3) is 0.250. The highest BCUT2D eigenvalue weighted by Crippen LogP contribution is 2.23. The molecule has 0 radical (unpaired) electrons. The van der Waals surface area contributed by atoms with Gasteiger partial charge in [0.1, 0.15) is 11.6 Å². The number of fused-ring (bicyclic) bond motifs is 1. The molecule has 0 fully saturated rings. The molecule has 1 aromatic carbocycles. The molecular formula is C16H16FN3O. The van der Waals surface area contributed by atoms with E-state index in [0.717, 1.165) is 11.3 Å². The van der Waals surface area contributed by atoms with E-state index in [-0.39, 0.29) is 11.6 Å². The second-order valence-corrected chi connectivity index (χ2v) is 5.16. The number of aromatic nitrogens is 3. The standard InChI is InChI=1S/C16H16FN3O/c1-11-18-6-8-20(11)7-5-16(21)14-10-19(2)15-4-3-12(17)9-13(14)15/h3-4,6,8-10H,5,7H2,1-2H3. The fourth-order valence-corrected chi connectivity index (χ4v) is 2.58. The first kappa shape index (κ1) is 13.5. The van der Waals surface area contributed by atoms with Gasteiger partial charge in [0.15, 0.2) is 5.78 Å². The summed E-state index contributed by atoms with van der Waals surface area (Å²) in [6.45, 7) is 2.48. The smallest absolute Gasteiger partial charge is 0.166 e. The third kappa shape index (κ3) is 2.46. The number of halogens is 1. The molecular weight excluding hydrogens is 269 g/mol. The zero-order valence-corrected chi connectivity index (χ0v) is 12.0. The predicted octanol–water partition coefficient (Wildman–Crippen LogP) is 3.10. The van der Waals surface area contributed by atoms with Crippen molar-refractivity contribution in [1.82, 2.24) is 14.1 Å². The lowest BCUT2D eigenvalue weighted by atomic mass is 10.1. The lowest BCUT2D eigenvalue weighted by Gasteiger charge is -2.04. The van der Waals surface area contributed by atoms with Crippen LogP contribution in [0.15, 0.2) is 36.8 Å². The maximum absolute atomic E-state index is 13.4. The first-order chi connectivity index (χ1) is 10.1. The molecule has 3 aromatic rings. The summed E-state index contributed by atoms with van der Waals surface area (Å²) in [7, 11) is 1.86. The third-order valence-corrected chi connectivity index (χ3v) is 3.76. The number of hydrogen-bond donors (Lipinski definition) is 0. The minimum Gasteiger partial charge on any atom is -0.350 e. The van der Waals surface area contributed by atoms with E-state index in [1.165, 1.54) is 12.1 Å². The second kappa shape index (κ2) is 5.16. The monoisotopic (exact) mass is 285 g/mol. The minimum absolute atomic E-state index is 0.0132. The molecule has 0 bridgehead atoms. The molecule has 4 nitrogen and oxygen atoms in total. The summed E-state index contributed by atoms with van der Waals surface area (Å²) < 4.78 is 17.2. The summed E-state index contributed by atoms with van der Waals surface area (Å²) in [5, 5.41) is 0.671. The van der Waals surface area contributed by atoms with Gasteiger partial charge in [-0.05, 0) is 25.1 Å². The zero-order valence-electron chi connectivity index (χ0n) is 12.0. The SMILES string of the molecule is Cc1nccn1CCC(=O)c1cn(C)c2ccc(F)cc12. The van der Waals surface area contributed by atoms with Gasteiger partial charge in [0.25, 0.3) is 0 Å². The zero-order chi connectivity index (χ0) is 15.0. The van der Waals surface area contributed by atoms with Crippen LogP contribution in [-0.2, 0) is 13.6 Å². The molecule has 0 amide bonds. The summed E-state index contributed by atoms with van der Waals surface area (Å²) in [5.74, 6) is 0.569. The Morgan fingerprint density at radius 2 is 2.19 bits per heavy atom. The van der Waals surface area contributed by atoms with Crippen molar-refractivity contribution in [2.75, 3.05) is 0 Å². The Morgan fingerprint density at radius 3 is 2.90 bits per heavy atom. The van der Waals surface area contributed by atoms with Crippen molar-refractivity contribution < 1.29 is 9.18 Å². The molecule has 2 aromatic heterocycles. The van der Waals surface area contributed by atoms with E-state index in [1.54, 1.807) is 18.5 Å². The first-order valence-electron chi connectivity index (χ1n) is 6.82. The molecule has 0 unspecified atom stereocenters. The highest BCUT2D eigenvalue weighted by atomic mass is 19.1. The normalized spacial score (nSPS) is 11.2. The maximum atomic E-state index is 13.4. The highest BCUT2D eigenvalue weighted by molar-refractivity contribution is 6.08. The van der Waals surface area contributed by atoms with Gasteiger partial charge in [0, 0.05) is 55.1 Å². The lowest BCUT2D eigenvalue weighted by Crippen LogP contribution is -2.06. The Balaban J connectivity index is 1.88. The van der Waals surface area contributed by atoms with Crippen molar-refractivity contribution in [1.29, 1.82) is 0 Å². The van der Waals surface area contributed by atoms with Crippen LogP contribution in [0.2, 0.25) is 0 Å². The summed E-state index contributed by atoms with van der Waals surface area (Å²) in [5.41, 5.74) is 1.43. The number of imidazole rings is 1. The Morgan fingerprint density at radius 1 is 1.38 bits per heavy atom. The molecule has 0 N–H and O–H groups in total. The van der Waals surface area contributed by atoms with Crippen LogP contribution in [-0.4, -0.2) is 19.9 Å². The van der Waals surface area contributed by atoms with Crippen molar-refractivity contribution >= 4 is 16.7 Å². The third-order valence-electron chi connectivity index (χ3n) is 3.76. The van der Waals surface area contributed by atoms with Crippen LogP contribution in [0.5, 0.6) is 0 Å². The Hall–Kier alpha value is -2.43. The Kier molecular flexibility index (Phi) is 3.33. The number of hydrogen-bond acceptors (Lipinski definition) is 2. The van der Waals surface area contributed by atoms with Gasteiger partial charge in [0.05, 0.1) is 0 Å². The number of aryl methyl sites for hydroxylation is 3. The summed E-state index contributed by atoms with van der Waals surface area (Å²) in [4.78, 5) is 16.6. The molecule has 5 heteroatoms. The van der Waals surface area contributed by atoms with Crippen LogP contribution in [0.4, 0.5) is 4.39 Å². The predicted molar refractivity (Wildman–Crippen MR) is 78.8 cm³/mol. The average molecular weight is 285 g/mol. The number of carbonyl (C=O) groups excluding carboxylic acids is 1. The summed E-state index contributed by atoms with van der Waals surface area (Å²) in [6.07, 6.45) is 5.71. The number of nitrogens with zero attached hydrogens (tertiary/aromatic N) is 3. The van der Waals surface area contributed by atoms with Crippen LogP contribution in [0.25, 0.3) is 10.9 Å². The quantitative estimate of drug-likeness (QED) is 0.691. The van der Waals surface area contributed by atoms with Gasteiger partial charge in [-0.25, -0.2) is 9.37 Å². The fourth-order valence-electron chi connectivity index (χ4n) is 2.58. The van der Waals surface area contributed by atoms with E-state index in [4.69, 9.17) is 0 Å². The van der Waals surface area contributed by atoms with Crippen LogP contribution < -0.4 is 0 Å². The van der Waals surface area contributed by atoms with Gasteiger partial charge in [-0.1, -0.05) is 0 Å². The van der Waals surface area contributed by atoms with E-state index >= 15 is 0 Å². The summed E-state index contributed by atoms with van der Waals surface area (Å²) in [6, 6.07) is 4.53. The van der Waals surface area contributed by atoms with Crippen molar-refractivity contribution in [3.63, 3.8) is 0 Å². The van der Waals surface area contributed by atoms with E-state index in [1.807, 2.05) is 29.3 Å². The number of benzene rings is 1. The number of ketones is 1. The average Bonchev–Trinajstić information content (AvgIpc) is 3.00. The second-order valence-electron chi connectivity index (χ2n) is 5.16. The van der Waals surface area contributed by atoms with Crippen molar-refractivity contribution in [2.24, 2.45) is 7.05 Å². The molecule has 0 atom stereocenters. The molecule has 0 saturated carbocycles. The van der Waals surface area contributed by atoms with Crippen molar-refractivity contribution in [3.05, 3.63) is 54.0 Å². The molecule has 0 aliphatic carbocycles. The molecule has 0 aliphatic heterocycles. The minimum atomic E-state index is -0.326. The van der Waals surface area contributed by atoms with Crippen molar-refractivity contribution in [3.8, 4) is 0 Å². The largest absolute Gasteiger partial charge is 0.350 e. The summed E-state index contributed by atoms with van der Waals surface area (Å²) >= 11 is 0. The van der Waals surface area contributed by atoms with Crippen LogP contribution in [0, 0.1) is 12.7 Å². The lowest BCUT2D eigenvalue weighted by molar-refractivity contribution is 0.0978. The van der Waals surface area contributed by atoms with Gasteiger partial charge in [-0.15, -0.1) is 0 Å². The van der Waals surface area contributed by atoms with Gasteiger partial charge in [-0.3, -0.25) is 4.79 Å². The molecule has 108 valence electrons. The van der Waals surface area contributed by atoms with Gasteiger partial charge >= 0.3 is 0 Å². The Bertz CT molecular complexity index is 816. The van der Waals surface area contributed by atoms with E-state index in [0.29, 0.717) is 23.9 Å². The van der Waals surface area contributed by atoms with Crippen molar-refractivity contribution in [2.45, 2.75) is 19.9 Å². The van der Waals surface area contributed by atoms with E-state index in [2.05, 4.69) is 4.98 Å². The van der Waals surface area contributed by atoms with Gasteiger partial charge in [0.2, 0.25) is 0 Å². The topological polar surface area (TPSA) is 39.8 Å². The number of Topliss-reactive ketones (excluding diaryl/α,β-unsaturated/α-hetero) is 1. The molecule has 0 aliphatic rings. The molecule has 0 spiro atoms. The van der Waals surface area contributed by atoms with Crippen LogP contribution in [0.1, 0.15) is 22.6 Å². The van der Waals surface area contributed by atoms with Gasteiger partial charge in [-0.2, -0.15) is 0 Å². The molecule has 2 heterocycles. The van der Waals surface area contributed by atoms with Crippen LogP contribution in [0.3, 0.4) is 0 Å². The number of carbonyl (C=O) groups is 1. The molecule has 21 heavy (non-hydrogen) atoms. The number of rotatable bonds is 4. The molecule has 0 saturated heterocycles. The highest BCUT2D eigenvalue weighted by Gasteiger charge is 2.14. The first-order valence-corrected chi connectivity index (χ1v) is 6.82.